The SMILES string of the molecule is CC1SCCCC1NCC(F)(F)CNC(=O)OC(C)(C)C. The van der Waals surface area contributed by atoms with Crippen molar-refractivity contribution in [1.29, 1.82) is 0 Å². The van der Waals surface area contributed by atoms with E-state index in [2.05, 4.69) is 17.6 Å². The molecule has 1 aliphatic rings. The van der Waals surface area contributed by atoms with Gasteiger partial charge in [-0.3, -0.25) is 0 Å². The smallest absolute Gasteiger partial charge is 0.407 e. The first-order valence-corrected chi connectivity index (χ1v) is 8.34. The molecule has 0 aliphatic carbocycles. The van der Waals surface area contributed by atoms with E-state index in [9.17, 15) is 13.6 Å². The molecule has 124 valence electrons. The van der Waals surface area contributed by atoms with Crippen LogP contribution in [0.5, 0.6) is 0 Å². The molecular formula is C14H26F2N2O2S. The lowest BCUT2D eigenvalue weighted by Crippen LogP contribution is -2.49. The van der Waals surface area contributed by atoms with Crippen LogP contribution in [0, 0.1) is 0 Å². The molecule has 0 aromatic carbocycles. The summed E-state index contributed by atoms with van der Waals surface area (Å²) < 4.78 is 32.5. The van der Waals surface area contributed by atoms with Gasteiger partial charge in [-0.1, -0.05) is 6.92 Å². The summed E-state index contributed by atoms with van der Waals surface area (Å²) >= 11 is 1.80. The van der Waals surface area contributed by atoms with Gasteiger partial charge in [0.25, 0.3) is 5.92 Å². The van der Waals surface area contributed by atoms with E-state index in [1.54, 1.807) is 32.5 Å². The van der Waals surface area contributed by atoms with Crippen LogP contribution in [-0.2, 0) is 4.74 Å². The lowest BCUT2D eigenvalue weighted by Gasteiger charge is -2.31. The number of carbonyl (C=O) groups excluding carboxylic acids is 1. The molecule has 0 aromatic rings. The number of hydrogen-bond donors (Lipinski definition) is 2. The van der Waals surface area contributed by atoms with Crippen molar-refractivity contribution in [3.63, 3.8) is 0 Å². The van der Waals surface area contributed by atoms with Crippen molar-refractivity contribution < 1.29 is 18.3 Å². The zero-order chi connectivity index (χ0) is 16.1. The minimum absolute atomic E-state index is 0.108. The molecule has 7 heteroatoms. The first-order chi connectivity index (χ1) is 9.59. The monoisotopic (exact) mass is 324 g/mol. The van der Waals surface area contributed by atoms with Gasteiger partial charge in [0.05, 0.1) is 13.1 Å². The van der Waals surface area contributed by atoms with Crippen LogP contribution in [0.25, 0.3) is 0 Å². The van der Waals surface area contributed by atoms with Gasteiger partial charge in [-0.05, 0) is 39.4 Å². The highest BCUT2D eigenvalue weighted by Crippen LogP contribution is 2.25. The third-order valence-corrected chi connectivity index (χ3v) is 4.50. The number of carbonyl (C=O) groups is 1. The van der Waals surface area contributed by atoms with Crippen molar-refractivity contribution in [2.24, 2.45) is 0 Å². The van der Waals surface area contributed by atoms with E-state index in [1.165, 1.54) is 0 Å². The van der Waals surface area contributed by atoms with Gasteiger partial charge in [0.2, 0.25) is 0 Å². The number of hydrogen-bond acceptors (Lipinski definition) is 4. The Labute approximate surface area is 129 Å². The van der Waals surface area contributed by atoms with E-state index < -0.39 is 30.7 Å². The van der Waals surface area contributed by atoms with Crippen molar-refractivity contribution in [2.45, 2.75) is 63.4 Å². The minimum Gasteiger partial charge on any atom is -0.444 e. The van der Waals surface area contributed by atoms with Gasteiger partial charge in [-0.25, -0.2) is 13.6 Å². The van der Waals surface area contributed by atoms with Gasteiger partial charge < -0.3 is 15.4 Å². The predicted molar refractivity (Wildman–Crippen MR) is 82.1 cm³/mol. The van der Waals surface area contributed by atoms with E-state index >= 15 is 0 Å². The predicted octanol–water partition coefficient (Wildman–Crippen LogP) is 3.02. The van der Waals surface area contributed by atoms with Crippen LogP contribution >= 0.6 is 11.8 Å². The summed E-state index contributed by atoms with van der Waals surface area (Å²) in [7, 11) is 0. The Bertz CT molecular complexity index is 348. The molecule has 21 heavy (non-hydrogen) atoms. The number of nitrogens with one attached hydrogen (secondary N) is 2. The third kappa shape index (κ3) is 7.85. The van der Waals surface area contributed by atoms with Gasteiger partial charge in [0.15, 0.2) is 0 Å². The van der Waals surface area contributed by atoms with Crippen LogP contribution in [0.4, 0.5) is 13.6 Å². The Morgan fingerprint density at radius 2 is 2.00 bits per heavy atom. The molecule has 0 spiro atoms. The van der Waals surface area contributed by atoms with Crippen molar-refractivity contribution in [3.05, 3.63) is 0 Å². The van der Waals surface area contributed by atoms with Gasteiger partial charge in [0, 0.05) is 11.3 Å². The summed E-state index contributed by atoms with van der Waals surface area (Å²) in [5.74, 6) is -1.89. The second-order valence-electron chi connectivity index (χ2n) is 6.42. The lowest BCUT2D eigenvalue weighted by atomic mass is 10.1. The van der Waals surface area contributed by atoms with E-state index in [1.807, 2.05) is 0 Å². The number of alkyl halides is 2. The molecule has 1 rings (SSSR count). The Morgan fingerprint density at radius 1 is 1.33 bits per heavy atom. The highest BCUT2D eigenvalue weighted by molar-refractivity contribution is 7.99. The summed E-state index contributed by atoms with van der Waals surface area (Å²) in [4.78, 5) is 11.4. The van der Waals surface area contributed by atoms with Gasteiger partial charge >= 0.3 is 6.09 Å². The highest BCUT2D eigenvalue weighted by atomic mass is 32.2. The van der Waals surface area contributed by atoms with E-state index in [4.69, 9.17) is 4.74 Å². The summed E-state index contributed by atoms with van der Waals surface area (Å²) in [6.07, 6.45) is 1.15. The first kappa shape index (κ1) is 18.5. The Morgan fingerprint density at radius 3 is 2.57 bits per heavy atom. The average molecular weight is 324 g/mol. The Kier molecular flexibility index (Phi) is 6.71. The molecule has 1 amide bonds. The molecule has 0 saturated carbocycles. The molecule has 1 aliphatic heterocycles. The zero-order valence-corrected chi connectivity index (χ0v) is 14.0. The summed E-state index contributed by atoms with van der Waals surface area (Å²) in [5.41, 5.74) is -0.688. The second kappa shape index (κ2) is 7.63. The van der Waals surface area contributed by atoms with Crippen molar-refractivity contribution >= 4 is 17.9 Å². The van der Waals surface area contributed by atoms with Crippen LogP contribution in [0.15, 0.2) is 0 Å². The van der Waals surface area contributed by atoms with E-state index in [0.717, 1.165) is 18.6 Å². The summed E-state index contributed by atoms with van der Waals surface area (Å²) in [6.45, 7) is 5.97. The average Bonchev–Trinajstić information content (AvgIpc) is 2.34. The normalized spacial score (nSPS) is 23.7. The quantitative estimate of drug-likeness (QED) is 0.816. The number of amides is 1. The molecule has 1 heterocycles. The van der Waals surface area contributed by atoms with Crippen molar-refractivity contribution in [3.8, 4) is 0 Å². The zero-order valence-electron chi connectivity index (χ0n) is 13.2. The topological polar surface area (TPSA) is 50.4 Å². The largest absolute Gasteiger partial charge is 0.444 e. The maximum atomic E-state index is 13.8. The van der Waals surface area contributed by atoms with Crippen molar-refractivity contribution in [1.82, 2.24) is 10.6 Å². The number of rotatable bonds is 5. The van der Waals surface area contributed by atoms with E-state index in [-0.39, 0.29) is 6.04 Å². The van der Waals surface area contributed by atoms with Crippen LogP contribution in [0.3, 0.4) is 0 Å². The summed E-state index contributed by atoms with van der Waals surface area (Å²) in [6, 6.07) is 0.108. The van der Waals surface area contributed by atoms with Crippen molar-refractivity contribution in [2.75, 3.05) is 18.8 Å². The fourth-order valence-corrected chi connectivity index (χ4v) is 3.22. The number of alkyl carbamates (subject to hydrolysis) is 1. The fraction of sp³-hybridized carbons (Fsp3) is 0.929. The van der Waals surface area contributed by atoms with Crippen LogP contribution in [-0.4, -0.2) is 47.8 Å². The Hall–Kier alpha value is -0.560. The maximum Gasteiger partial charge on any atom is 0.407 e. The number of ether oxygens (including phenoxy) is 1. The summed E-state index contributed by atoms with van der Waals surface area (Å²) in [5, 5.41) is 5.38. The molecule has 2 atom stereocenters. The van der Waals surface area contributed by atoms with Gasteiger partial charge in [0.1, 0.15) is 5.60 Å². The van der Waals surface area contributed by atoms with Crippen LogP contribution in [0.2, 0.25) is 0 Å². The van der Waals surface area contributed by atoms with E-state index in [0.29, 0.717) is 5.25 Å². The van der Waals surface area contributed by atoms with Gasteiger partial charge in [-0.2, -0.15) is 11.8 Å². The second-order valence-corrected chi connectivity index (χ2v) is 7.90. The molecule has 4 nitrogen and oxygen atoms in total. The molecule has 2 N–H and O–H groups in total. The minimum atomic E-state index is -2.99. The maximum absolute atomic E-state index is 13.8. The van der Waals surface area contributed by atoms with Crippen LogP contribution in [0.1, 0.15) is 40.5 Å². The number of thioether (sulfide) groups is 1. The molecule has 2 unspecified atom stereocenters. The Balaban J connectivity index is 2.31. The van der Waals surface area contributed by atoms with Crippen LogP contribution < -0.4 is 10.6 Å². The fourth-order valence-electron chi connectivity index (χ4n) is 2.05. The lowest BCUT2D eigenvalue weighted by molar-refractivity contribution is -0.00578. The molecule has 1 saturated heterocycles. The third-order valence-electron chi connectivity index (χ3n) is 3.12. The van der Waals surface area contributed by atoms with Gasteiger partial charge in [-0.15, -0.1) is 0 Å². The number of halogens is 2. The first-order valence-electron chi connectivity index (χ1n) is 7.29. The standard InChI is InChI=1S/C14H26F2N2O2S/c1-10-11(6-5-7-21-10)17-8-14(15,16)9-18-12(19)20-13(2,3)4/h10-11,17H,5-9H2,1-4H3,(H,18,19). The molecule has 0 radical (unpaired) electrons. The molecule has 0 bridgehead atoms. The molecule has 1 fully saturated rings. The molecule has 0 aromatic heterocycles. The highest BCUT2D eigenvalue weighted by Gasteiger charge is 2.32. The molecular weight excluding hydrogens is 298 g/mol.